The monoisotopic (exact) mass is 368 g/mol. The molecule has 1 aliphatic carbocycles. The van der Waals surface area contributed by atoms with Crippen molar-refractivity contribution in [3.8, 4) is 0 Å². The molecule has 0 bridgehead atoms. The first kappa shape index (κ1) is 12.4. The van der Waals surface area contributed by atoms with E-state index in [0.29, 0.717) is 0 Å². The predicted octanol–water partition coefficient (Wildman–Crippen LogP) is 4.66. The zero-order valence-corrected chi connectivity index (χ0v) is 12.8. The first-order chi connectivity index (χ1) is 8.75. The van der Waals surface area contributed by atoms with E-state index in [1.807, 2.05) is 24.3 Å². The normalized spacial score (nSPS) is 18.4. The number of carbonyl (C=O) groups excluding carboxylic acids is 1. The summed E-state index contributed by atoms with van der Waals surface area (Å²) in [6, 6.07) is 10.0. The van der Waals surface area contributed by atoms with Gasteiger partial charge in [-0.1, -0.05) is 12.1 Å². The number of benzene rings is 1. The molecule has 0 saturated carbocycles. The summed E-state index contributed by atoms with van der Waals surface area (Å²) in [6.07, 6.45) is 3.27. The standard InChI is InChI=1S/C15H13IOS/c16-11-6-4-10(5-7-11)15(17)13-2-1-3-14-12(13)8-9-18-14/h4-9,13H,1-3H2. The molecule has 0 radical (unpaired) electrons. The van der Waals surface area contributed by atoms with Gasteiger partial charge < -0.3 is 0 Å². The Morgan fingerprint density at radius 2 is 2.00 bits per heavy atom. The van der Waals surface area contributed by atoms with Crippen LogP contribution in [0, 0.1) is 3.57 Å². The van der Waals surface area contributed by atoms with E-state index in [0.717, 1.165) is 24.8 Å². The van der Waals surface area contributed by atoms with Crippen molar-refractivity contribution >= 4 is 39.7 Å². The van der Waals surface area contributed by atoms with Crippen LogP contribution in [0.25, 0.3) is 0 Å². The number of ketones is 1. The highest BCUT2D eigenvalue weighted by atomic mass is 127. The van der Waals surface area contributed by atoms with Gasteiger partial charge in [-0.25, -0.2) is 0 Å². The van der Waals surface area contributed by atoms with Gasteiger partial charge in [0.25, 0.3) is 0 Å². The smallest absolute Gasteiger partial charge is 0.170 e. The van der Waals surface area contributed by atoms with Gasteiger partial charge in [-0.05, 0) is 71.0 Å². The highest BCUT2D eigenvalue weighted by Crippen LogP contribution is 2.36. The number of Topliss-reactive ketones (excluding diaryl/α,β-unsaturated/α-hetero) is 1. The molecule has 0 amide bonds. The van der Waals surface area contributed by atoms with E-state index in [1.54, 1.807) is 11.3 Å². The van der Waals surface area contributed by atoms with Crippen molar-refractivity contribution in [2.75, 3.05) is 0 Å². The van der Waals surface area contributed by atoms with Crippen LogP contribution in [0.2, 0.25) is 0 Å². The van der Waals surface area contributed by atoms with E-state index < -0.39 is 0 Å². The Hall–Kier alpha value is -0.680. The maximum Gasteiger partial charge on any atom is 0.170 e. The number of carbonyl (C=O) groups is 1. The maximum atomic E-state index is 12.6. The Morgan fingerprint density at radius 1 is 1.22 bits per heavy atom. The van der Waals surface area contributed by atoms with Crippen LogP contribution in [0.1, 0.15) is 39.6 Å². The van der Waals surface area contributed by atoms with Crippen molar-refractivity contribution in [3.63, 3.8) is 0 Å². The van der Waals surface area contributed by atoms with E-state index >= 15 is 0 Å². The third-order valence-corrected chi connectivity index (χ3v) is 5.21. The van der Waals surface area contributed by atoms with Crippen LogP contribution < -0.4 is 0 Å². The summed E-state index contributed by atoms with van der Waals surface area (Å²) in [5.41, 5.74) is 2.12. The number of halogens is 1. The Kier molecular flexibility index (Phi) is 3.52. The predicted molar refractivity (Wildman–Crippen MR) is 83.5 cm³/mol. The van der Waals surface area contributed by atoms with Crippen molar-refractivity contribution < 1.29 is 4.79 Å². The van der Waals surface area contributed by atoms with E-state index in [-0.39, 0.29) is 11.7 Å². The van der Waals surface area contributed by atoms with Gasteiger partial charge >= 0.3 is 0 Å². The van der Waals surface area contributed by atoms with Crippen LogP contribution in [0.3, 0.4) is 0 Å². The molecule has 1 aromatic heterocycles. The lowest BCUT2D eigenvalue weighted by atomic mass is 9.82. The van der Waals surface area contributed by atoms with E-state index in [4.69, 9.17) is 0 Å². The minimum absolute atomic E-state index is 0.0834. The Labute approximate surface area is 124 Å². The zero-order chi connectivity index (χ0) is 12.5. The lowest BCUT2D eigenvalue weighted by Crippen LogP contribution is -2.17. The highest BCUT2D eigenvalue weighted by molar-refractivity contribution is 14.1. The minimum atomic E-state index is 0.0834. The summed E-state index contributed by atoms with van der Waals surface area (Å²) >= 11 is 4.05. The quantitative estimate of drug-likeness (QED) is 0.557. The van der Waals surface area contributed by atoms with Crippen LogP contribution >= 0.6 is 33.9 Å². The number of thiophene rings is 1. The van der Waals surface area contributed by atoms with Gasteiger partial charge in [0, 0.05) is 19.9 Å². The molecule has 0 N–H and O–H groups in total. The molecule has 18 heavy (non-hydrogen) atoms. The Morgan fingerprint density at radius 3 is 2.78 bits per heavy atom. The fraction of sp³-hybridized carbons (Fsp3) is 0.267. The average Bonchev–Trinajstić information content (AvgIpc) is 2.87. The summed E-state index contributed by atoms with van der Waals surface area (Å²) in [5.74, 6) is 0.366. The molecule has 1 aliphatic rings. The van der Waals surface area contributed by atoms with Gasteiger partial charge in [-0.2, -0.15) is 0 Å². The van der Waals surface area contributed by atoms with E-state index in [1.165, 1.54) is 14.0 Å². The van der Waals surface area contributed by atoms with Crippen molar-refractivity contribution in [1.82, 2.24) is 0 Å². The van der Waals surface area contributed by atoms with Gasteiger partial charge in [0.1, 0.15) is 0 Å². The third-order valence-electron chi connectivity index (χ3n) is 3.50. The molecule has 1 atom stereocenters. The number of fused-ring (bicyclic) bond motifs is 1. The van der Waals surface area contributed by atoms with Gasteiger partial charge in [-0.3, -0.25) is 4.79 Å². The third kappa shape index (κ3) is 2.26. The van der Waals surface area contributed by atoms with Crippen LogP contribution in [-0.4, -0.2) is 5.78 Å². The number of rotatable bonds is 2. The molecule has 2 aromatic rings. The molecule has 3 rings (SSSR count). The molecule has 3 heteroatoms. The van der Waals surface area contributed by atoms with Gasteiger partial charge in [0.05, 0.1) is 0 Å². The lowest BCUT2D eigenvalue weighted by molar-refractivity contribution is 0.0951. The average molecular weight is 368 g/mol. The number of aryl methyl sites for hydroxylation is 1. The molecule has 1 unspecified atom stereocenters. The first-order valence-electron chi connectivity index (χ1n) is 6.12. The van der Waals surface area contributed by atoms with Crippen LogP contribution in [-0.2, 0) is 6.42 Å². The van der Waals surface area contributed by atoms with Crippen molar-refractivity contribution in [3.05, 3.63) is 55.3 Å². The first-order valence-corrected chi connectivity index (χ1v) is 8.07. The van der Waals surface area contributed by atoms with E-state index in [9.17, 15) is 4.79 Å². The fourth-order valence-electron chi connectivity index (χ4n) is 2.57. The second-order valence-corrected chi connectivity index (χ2v) is 6.86. The molecule has 1 heterocycles. The fourth-order valence-corrected chi connectivity index (χ4v) is 3.92. The number of hydrogen-bond acceptors (Lipinski definition) is 2. The van der Waals surface area contributed by atoms with Gasteiger partial charge in [0.15, 0.2) is 5.78 Å². The topological polar surface area (TPSA) is 17.1 Å². The highest BCUT2D eigenvalue weighted by Gasteiger charge is 2.27. The molecule has 92 valence electrons. The van der Waals surface area contributed by atoms with Gasteiger partial charge in [-0.15, -0.1) is 11.3 Å². The maximum absolute atomic E-state index is 12.6. The van der Waals surface area contributed by atoms with Crippen LogP contribution in [0.15, 0.2) is 35.7 Å². The van der Waals surface area contributed by atoms with Crippen molar-refractivity contribution in [1.29, 1.82) is 0 Å². The summed E-state index contributed by atoms with van der Waals surface area (Å²) in [4.78, 5) is 14.0. The molecule has 0 aliphatic heterocycles. The SMILES string of the molecule is O=C(c1ccc(I)cc1)C1CCCc2sccc21. The van der Waals surface area contributed by atoms with Crippen LogP contribution in [0.4, 0.5) is 0 Å². The summed E-state index contributed by atoms with van der Waals surface area (Å²) in [6.45, 7) is 0. The summed E-state index contributed by atoms with van der Waals surface area (Å²) in [7, 11) is 0. The summed E-state index contributed by atoms with van der Waals surface area (Å²) in [5, 5.41) is 2.12. The Bertz CT molecular complexity index is 570. The molecular formula is C15H13IOS. The molecule has 0 fully saturated rings. The van der Waals surface area contributed by atoms with Crippen LogP contribution in [0.5, 0.6) is 0 Å². The Balaban J connectivity index is 1.93. The van der Waals surface area contributed by atoms with Crippen molar-refractivity contribution in [2.24, 2.45) is 0 Å². The second-order valence-electron chi connectivity index (χ2n) is 4.62. The minimum Gasteiger partial charge on any atom is -0.293 e. The van der Waals surface area contributed by atoms with Gasteiger partial charge in [0.2, 0.25) is 0 Å². The second kappa shape index (κ2) is 5.13. The molecule has 0 saturated heterocycles. The number of hydrogen-bond donors (Lipinski definition) is 0. The molecular weight excluding hydrogens is 355 g/mol. The molecule has 1 aromatic carbocycles. The molecule has 1 nitrogen and oxygen atoms in total. The lowest BCUT2D eigenvalue weighted by Gasteiger charge is -2.21. The summed E-state index contributed by atoms with van der Waals surface area (Å²) < 4.78 is 1.17. The molecule has 0 spiro atoms. The van der Waals surface area contributed by atoms with Crippen molar-refractivity contribution in [2.45, 2.75) is 25.2 Å². The largest absolute Gasteiger partial charge is 0.293 e. The van der Waals surface area contributed by atoms with E-state index in [2.05, 4.69) is 34.0 Å². The zero-order valence-electron chi connectivity index (χ0n) is 9.86.